The van der Waals surface area contributed by atoms with Gasteiger partial charge in [0.15, 0.2) is 5.82 Å². The number of nitrogens with zero attached hydrogens (tertiary/aromatic N) is 3. The first-order chi connectivity index (χ1) is 10.7. The van der Waals surface area contributed by atoms with E-state index in [9.17, 15) is 0 Å². The van der Waals surface area contributed by atoms with Crippen LogP contribution in [0.15, 0.2) is 54.7 Å². The molecule has 0 aliphatic rings. The highest BCUT2D eigenvalue weighted by Gasteiger charge is 2.03. The topological polar surface area (TPSA) is 62.7 Å². The van der Waals surface area contributed by atoms with E-state index in [4.69, 9.17) is 0 Å². The summed E-state index contributed by atoms with van der Waals surface area (Å²) in [6.07, 6.45) is 1.60. The van der Waals surface area contributed by atoms with Gasteiger partial charge in [-0.15, -0.1) is 5.10 Å². The van der Waals surface area contributed by atoms with E-state index in [2.05, 4.69) is 45.7 Å². The molecule has 0 saturated carbocycles. The van der Waals surface area contributed by atoms with Gasteiger partial charge in [0, 0.05) is 11.4 Å². The van der Waals surface area contributed by atoms with E-state index in [0.717, 1.165) is 11.4 Å². The number of hydrogen-bond acceptors (Lipinski definition) is 5. The number of hydrogen-bond donors (Lipinski definition) is 2. The average molecular weight is 291 g/mol. The maximum Gasteiger partial charge on any atom is 0.249 e. The van der Waals surface area contributed by atoms with Gasteiger partial charge in [0.1, 0.15) is 0 Å². The van der Waals surface area contributed by atoms with Crippen LogP contribution in [0.5, 0.6) is 0 Å². The Morgan fingerprint density at radius 3 is 2.27 bits per heavy atom. The van der Waals surface area contributed by atoms with E-state index in [-0.39, 0.29) is 0 Å². The van der Waals surface area contributed by atoms with Crippen molar-refractivity contribution in [2.45, 2.75) is 13.8 Å². The van der Waals surface area contributed by atoms with Crippen LogP contribution in [-0.4, -0.2) is 15.2 Å². The molecule has 0 aliphatic carbocycles. The van der Waals surface area contributed by atoms with Crippen molar-refractivity contribution < 1.29 is 0 Å². The highest BCUT2D eigenvalue weighted by atomic mass is 15.3. The van der Waals surface area contributed by atoms with Gasteiger partial charge in [0.25, 0.3) is 0 Å². The first-order valence-electron chi connectivity index (χ1n) is 7.06. The summed E-state index contributed by atoms with van der Waals surface area (Å²) < 4.78 is 0. The van der Waals surface area contributed by atoms with Crippen LogP contribution in [0.3, 0.4) is 0 Å². The van der Waals surface area contributed by atoms with Gasteiger partial charge in [-0.25, -0.2) is 0 Å². The Hall–Kier alpha value is -2.95. The maximum atomic E-state index is 4.43. The average Bonchev–Trinajstić information content (AvgIpc) is 2.47. The monoisotopic (exact) mass is 291 g/mol. The largest absolute Gasteiger partial charge is 0.339 e. The highest BCUT2D eigenvalue weighted by molar-refractivity contribution is 5.59. The summed E-state index contributed by atoms with van der Waals surface area (Å²) in [5, 5.41) is 14.4. The molecule has 1 heterocycles. The Kier molecular flexibility index (Phi) is 3.96. The van der Waals surface area contributed by atoms with Crippen LogP contribution < -0.4 is 10.6 Å². The Balaban J connectivity index is 1.79. The van der Waals surface area contributed by atoms with Gasteiger partial charge < -0.3 is 10.6 Å². The second kappa shape index (κ2) is 6.22. The lowest BCUT2D eigenvalue weighted by atomic mass is 10.1. The summed E-state index contributed by atoms with van der Waals surface area (Å²) >= 11 is 0. The fourth-order valence-electron chi connectivity index (χ4n) is 2.26. The standard InChI is InChI=1S/C17H17N5/c1-12-8-13(2)10-15(9-12)20-17-21-16(11-18-22-17)19-14-6-4-3-5-7-14/h3-11H,1-2H3,(H2,19,20,21,22). The number of aromatic nitrogens is 3. The van der Waals surface area contributed by atoms with Crippen molar-refractivity contribution in [3.63, 3.8) is 0 Å². The smallest absolute Gasteiger partial charge is 0.249 e. The first kappa shape index (κ1) is 14.0. The van der Waals surface area contributed by atoms with Gasteiger partial charge in [-0.05, 0) is 49.2 Å². The van der Waals surface area contributed by atoms with Gasteiger partial charge in [-0.1, -0.05) is 24.3 Å². The van der Waals surface area contributed by atoms with Crippen molar-refractivity contribution >= 4 is 23.1 Å². The van der Waals surface area contributed by atoms with Gasteiger partial charge >= 0.3 is 0 Å². The van der Waals surface area contributed by atoms with Crippen LogP contribution in [0.4, 0.5) is 23.1 Å². The predicted octanol–water partition coefficient (Wildman–Crippen LogP) is 3.98. The molecule has 2 aromatic carbocycles. The molecule has 0 bridgehead atoms. The zero-order valence-electron chi connectivity index (χ0n) is 12.5. The molecule has 0 atom stereocenters. The molecule has 110 valence electrons. The summed E-state index contributed by atoms with van der Waals surface area (Å²) in [5.74, 6) is 1.11. The van der Waals surface area contributed by atoms with Gasteiger partial charge in [-0.3, -0.25) is 0 Å². The molecular weight excluding hydrogens is 274 g/mol. The van der Waals surface area contributed by atoms with Gasteiger partial charge in [0.05, 0.1) is 6.20 Å². The zero-order valence-corrected chi connectivity index (χ0v) is 12.5. The molecule has 5 heteroatoms. The lowest BCUT2D eigenvalue weighted by Gasteiger charge is -2.09. The van der Waals surface area contributed by atoms with E-state index in [1.165, 1.54) is 11.1 Å². The third-order valence-electron chi connectivity index (χ3n) is 3.08. The van der Waals surface area contributed by atoms with Crippen molar-refractivity contribution in [2.24, 2.45) is 0 Å². The Morgan fingerprint density at radius 2 is 1.55 bits per heavy atom. The highest BCUT2D eigenvalue weighted by Crippen LogP contribution is 2.18. The van der Waals surface area contributed by atoms with E-state index in [0.29, 0.717) is 11.8 Å². The fourth-order valence-corrected chi connectivity index (χ4v) is 2.26. The van der Waals surface area contributed by atoms with E-state index in [1.807, 2.05) is 42.5 Å². The molecule has 0 saturated heterocycles. The molecule has 3 aromatic rings. The van der Waals surface area contributed by atoms with Crippen LogP contribution >= 0.6 is 0 Å². The molecule has 0 unspecified atom stereocenters. The third kappa shape index (κ3) is 3.58. The molecule has 5 nitrogen and oxygen atoms in total. The number of anilines is 4. The number of benzene rings is 2. The molecular formula is C17H17N5. The van der Waals surface area contributed by atoms with Crippen molar-refractivity contribution in [1.82, 2.24) is 15.2 Å². The van der Waals surface area contributed by atoms with E-state index >= 15 is 0 Å². The quantitative estimate of drug-likeness (QED) is 0.761. The Labute approximate surface area is 129 Å². The molecule has 22 heavy (non-hydrogen) atoms. The molecule has 0 fully saturated rings. The van der Waals surface area contributed by atoms with E-state index in [1.54, 1.807) is 6.20 Å². The van der Waals surface area contributed by atoms with Crippen molar-refractivity contribution in [3.8, 4) is 0 Å². The minimum absolute atomic E-state index is 0.464. The van der Waals surface area contributed by atoms with Crippen LogP contribution in [0.1, 0.15) is 11.1 Å². The van der Waals surface area contributed by atoms with Crippen LogP contribution in [0.25, 0.3) is 0 Å². The number of nitrogens with one attached hydrogen (secondary N) is 2. The SMILES string of the molecule is Cc1cc(C)cc(Nc2nncc(Nc3ccccc3)n2)c1. The molecule has 3 rings (SSSR count). The maximum absolute atomic E-state index is 4.43. The van der Waals surface area contributed by atoms with Crippen molar-refractivity contribution in [2.75, 3.05) is 10.6 Å². The van der Waals surface area contributed by atoms with Crippen LogP contribution in [-0.2, 0) is 0 Å². The second-order valence-electron chi connectivity index (χ2n) is 5.16. The zero-order chi connectivity index (χ0) is 15.4. The fraction of sp³-hybridized carbons (Fsp3) is 0.118. The summed E-state index contributed by atoms with van der Waals surface area (Å²) in [4.78, 5) is 4.43. The molecule has 0 spiro atoms. The molecule has 0 amide bonds. The minimum atomic E-state index is 0.464. The first-order valence-corrected chi connectivity index (χ1v) is 7.06. The lowest BCUT2D eigenvalue weighted by Crippen LogP contribution is -2.02. The molecule has 0 aliphatic heterocycles. The second-order valence-corrected chi connectivity index (χ2v) is 5.16. The Bertz CT molecular complexity index is 751. The normalized spacial score (nSPS) is 10.3. The predicted molar refractivity (Wildman–Crippen MR) is 88.8 cm³/mol. The Morgan fingerprint density at radius 1 is 0.818 bits per heavy atom. The van der Waals surface area contributed by atoms with Crippen LogP contribution in [0, 0.1) is 13.8 Å². The van der Waals surface area contributed by atoms with Crippen LogP contribution in [0.2, 0.25) is 0 Å². The van der Waals surface area contributed by atoms with Crippen molar-refractivity contribution in [1.29, 1.82) is 0 Å². The summed E-state index contributed by atoms with van der Waals surface area (Å²) in [5.41, 5.74) is 4.29. The summed E-state index contributed by atoms with van der Waals surface area (Å²) in [6, 6.07) is 16.1. The lowest BCUT2D eigenvalue weighted by molar-refractivity contribution is 0.982. The summed E-state index contributed by atoms with van der Waals surface area (Å²) in [6.45, 7) is 4.12. The molecule has 0 radical (unpaired) electrons. The third-order valence-corrected chi connectivity index (χ3v) is 3.08. The van der Waals surface area contributed by atoms with E-state index < -0.39 is 0 Å². The number of aryl methyl sites for hydroxylation is 2. The summed E-state index contributed by atoms with van der Waals surface area (Å²) in [7, 11) is 0. The molecule has 1 aromatic heterocycles. The molecule has 2 N–H and O–H groups in total. The van der Waals surface area contributed by atoms with Gasteiger partial charge in [0.2, 0.25) is 5.95 Å². The minimum Gasteiger partial charge on any atom is -0.339 e. The van der Waals surface area contributed by atoms with Gasteiger partial charge in [-0.2, -0.15) is 10.1 Å². The van der Waals surface area contributed by atoms with Crippen molar-refractivity contribution in [3.05, 3.63) is 65.9 Å². The number of para-hydroxylation sites is 1. The number of rotatable bonds is 4.